The van der Waals surface area contributed by atoms with Crippen molar-refractivity contribution in [3.8, 4) is 0 Å². The second kappa shape index (κ2) is 5.09. The molecule has 0 spiro atoms. The maximum absolute atomic E-state index is 10.6. The number of nitrogens with two attached hydrogens (primary N) is 1. The normalized spacial score (nSPS) is 20.5. The number of hydrogen-bond acceptors (Lipinski definition) is 2. The summed E-state index contributed by atoms with van der Waals surface area (Å²) in [6.45, 7) is 2.62. The van der Waals surface area contributed by atoms with Crippen LogP contribution >= 0.6 is 15.9 Å². The first-order valence-corrected chi connectivity index (χ1v) is 7.02. The molecule has 1 aromatic rings. The van der Waals surface area contributed by atoms with Crippen LogP contribution in [0.2, 0.25) is 0 Å². The molecule has 0 bridgehead atoms. The first-order chi connectivity index (χ1) is 8.09. The number of halogens is 1. The molecule has 1 atom stereocenters. The van der Waals surface area contributed by atoms with Crippen LogP contribution in [0.3, 0.4) is 0 Å². The third-order valence-electron chi connectivity index (χ3n) is 4.10. The number of aliphatic hydroxyl groups excluding tert-OH is 1. The summed E-state index contributed by atoms with van der Waals surface area (Å²) in [7, 11) is 0. The van der Waals surface area contributed by atoms with Crippen LogP contribution in [0.25, 0.3) is 0 Å². The summed E-state index contributed by atoms with van der Waals surface area (Å²) in [6.07, 6.45) is 4.00. The zero-order valence-corrected chi connectivity index (χ0v) is 11.8. The lowest BCUT2D eigenvalue weighted by atomic mass is 9.77. The largest absolute Gasteiger partial charge is 0.388 e. The standard InChI is InChI=1S/C14H20BrNO/c1-10-4-5-11(8-12(10)15)13(17)14(9-16)6-2-3-7-14/h4-5,8,13,17H,2-3,6-7,9,16H2,1H3. The SMILES string of the molecule is Cc1ccc(C(O)C2(CN)CCCC2)cc1Br. The fourth-order valence-corrected chi connectivity index (χ4v) is 3.20. The van der Waals surface area contributed by atoms with E-state index in [0.29, 0.717) is 6.54 Å². The van der Waals surface area contributed by atoms with Gasteiger partial charge in [0.25, 0.3) is 0 Å². The summed E-state index contributed by atoms with van der Waals surface area (Å²) >= 11 is 3.52. The average molecular weight is 298 g/mol. The van der Waals surface area contributed by atoms with E-state index in [9.17, 15) is 5.11 Å². The molecule has 1 aliphatic carbocycles. The van der Waals surface area contributed by atoms with Crippen molar-refractivity contribution >= 4 is 15.9 Å². The van der Waals surface area contributed by atoms with Crippen molar-refractivity contribution < 1.29 is 5.11 Å². The Morgan fingerprint density at radius 2 is 2.06 bits per heavy atom. The molecule has 1 aromatic carbocycles. The van der Waals surface area contributed by atoms with Crippen LogP contribution in [0, 0.1) is 12.3 Å². The fourth-order valence-electron chi connectivity index (χ4n) is 2.80. The molecule has 2 rings (SSSR count). The van der Waals surface area contributed by atoms with Crippen molar-refractivity contribution in [2.75, 3.05) is 6.54 Å². The van der Waals surface area contributed by atoms with Crippen LogP contribution in [0.4, 0.5) is 0 Å². The number of rotatable bonds is 3. The summed E-state index contributed by atoms with van der Waals surface area (Å²) < 4.78 is 1.05. The van der Waals surface area contributed by atoms with E-state index in [-0.39, 0.29) is 5.41 Å². The molecule has 0 aliphatic heterocycles. The lowest BCUT2D eigenvalue weighted by Crippen LogP contribution is -2.34. The zero-order valence-electron chi connectivity index (χ0n) is 10.2. The molecule has 1 fully saturated rings. The summed E-state index contributed by atoms with van der Waals surface area (Å²) in [6, 6.07) is 6.08. The van der Waals surface area contributed by atoms with E-state index in [4.69, 9.17) is 5.73 Å². The van der Waals surface area contributed by atoms with Crippen molar-refractivity contribution in [1.29, 1.82) is 0 Å². The second-order valence-electron chi connectivity index (χ2n) is 5.18. The molecule has 0 amide bonds. The van der Waals surface area contributed by atoms with Crippen LogP contribution in [0.1, 0.15) is 42.9 Å². The summed E-state index contributed by atoms with van der Waals surface area (Å²) in [5.41, 5.74) is 7.97. The van der Waals surface area contributed by atoms with Gasteiger partial charge < -0.3 is 10.8 Å². The smallest absolute Gasteiger partial charge is 0.0858 e. The summed E-state index contributed by atoms with van der Waals surface area (Å²) in [5.74, 6) is 0. The highest BCUT2D eigenvalue weighted by Gasteiger charge is 2.40. The monoisotopic (exact) mass is 297 g/mol. The Labute approximate surface area is 111 Å². The van der Waals surface area contributed by atoms with E-state index < -0.39 is 6.10 Å². The van der Waals surface area contributed by atoms with Gasteiger partial charge in [-0.3, -0.25) is 0 Å². The van der Waals surface area contributed by atoms with E-state index in [1.54, 1.807) is 0 Å². The van der Waals surface area contributed by atoms with Gasteiger partial charge >= 0.3 is 0 Å². The van der Waals surface area contributed by atoms with Crippen LogP contribution in [-0.4, -0.2) is 11.7 Å². The van der Waals surface area contributed by atoms with Gasteiger partial charge in [0.15, 0.2) is 0 Å². The first kappa shape index (κ1) is 13.1. The molecule has 94 valence electrons. The Bertz CT molecular complexity index is 399. The van der Waals surface area contributed by atoms with Crippen molar-refractivity contribution in [2.45, 2.75) is 38.7 Å². The molecule has 3 N–H and O–H groups in total. The molecule has 1 aliphatic rings. The highest BCUT2D eigenvalue weighted by molar-refractivity contribution is 9.10. The van der Waals surface area contributed by atoms with E-state index in [2.05, 4.69) is 22.9 Å². The molecule has 1 unspecified atom stereocenters. The van der Waals surface area contributed by atoms with Crippen LogP contribution in [0.5, 0.6) is 0 Å². The minimum absolute atomic E-state index is 0.102. The molecule has 0 heterocycles. The average Bonchev–Trinajstić information content (AvgIpc) is 2.81. The lowest BCUT2D eigenvalue weighted by molar-refractivity contribution is 0.0333. The second-order valence-corrected chi connectivity index (χ2v) is 6.04. The van der Waals surface area contributed by atoms with E-state index >= 15 is 0 Å². The molecular weight excluding hydrogens is 278 g/mol. The predicted molar refractivity (Wildman–Crippen MR) is 73.8 cm³/mol. The Kier molecular flexibility index (Phi) is 3.91. The number of aliphatic hydroxyl groups is 1. The Hall–Kier alpha value is -0.380. The maximum atomic E-state index is 10.6. The fraction of sp³-hybridized carbons (Fsp3) is 0.571. The van der Waals surface area contributed by atoms with Crippen molar-refractivity contribution in [1.82, 2.24) is 0 Å². The summed E-state index contributed by atoms with van der Waals surface area (Å²) in [4.78, 5) is 0. The topological polar surface area (TPSA) is 46.2 Å². The number of benzene rings is 1. The van der Waals surface area contributed by atoms with E-state index in [1.807, 2.05) is 18.2 Å². The first-order valence-electron chi connectivity index (χ1n) is 6.23. The van der Waals surface area contributed by atoms with Gasteiger partial charge in [-0.05, 0) is 37.0 Å². The Balaban J connectivity index is 2.29. The summed E-state index contributed by atoms with van der Waals surface area (Å²) in [5, 5.41) is 10.6. The Morgan fingerprint density at radius 1 is 1.41 bits per heavy atom. The van der Waals surface area contributed by atoms with Gasteiger partial charge in [0.05, 0.1) is 6.10 Å². The third-order valence-corrected chi connectivity index (χ3v) is 4.95. The van der Waals surface area contributed by atoms with Gasteiger partial charge in [0.2, 0.25) is 0 Å². The zero-order chi connectivity index (χ0) is 12.5. The molecule has 0 aromatic heterocycles. The molecular formula is C14H20BrNO. The molecule has 3 heteroatoms. The van der Waals surface area contributed by atoms with E-state index in [0.717, 1.165) is 22.9 Å². The van der Waals surface area contributed by atoms with Crippen LogP contribution in [0.15, 0.2) is 22.7 Å². The van der Waals surface area contributed by atoms with Gasteiger partial charge in [0, 0.05) is 16.4 Å². The van der Waals surface area contributed by atoms with Gasteiger partial charge in [-0.25, -0.2) is 0 Å². The number of hydrogen-bond donors (Lipinski definition) is 2. The third kappa shape index (κ3) is 2.42. The minimum atomic E-state index is -0.438. The quantitative estimate of drug-likeness (QED) is 0.899. The molecule has 17 heavy (non-hydrogen) atoms. The van der Waals surface area contributed by atoms with Crippen molar-refractivity contribution in [3.05, 3.63) is 33.8 Å². The molecule has 2 nitrogen and oxygen atoms in total. The van der Waals surface area contributed by atoms with Gasteiger partial charge in [-0.15, -0.1) is 0 Å². The minimum Gasteiger partial charge on any atom is -0.388 e. The Morgan fingerprint density at radius 3 is 2.59 bits per heavy atom. The predicted octanol–water partition coefficient (Wildman–Crippen LogP) is 3.31. The molecule has 0 saturated heterocycles. The van der Waals surface area contributed by atoms with Gasteiger partial charge in [-0.1, -0.05) is 40.9 Å². The van der Waals surface area contributed by atoms with Gasteiger partial charge in [-0.2, -0.15) is 0 Å². The highest BCUT2D eigenvalue weighted by Crippen LogP contribution is 2.47. The number of aryl methyl sites for hydroxylation is 1. The van der Waals surface area contributed by atoms with Crippen LogP contribution < -0.4 is 5.73 Å². The van der Waals surface area contributed by atoms with Gasteiger partial charge in [0.1, 0.15) is 0 Å². The van der Waals surface area contributed by atoms with Crippen molar-refractivity contribution in [3.63, 3.8) is 0 Å². The van der Waals surface area contributed by atoms with Crippen LogP contribution in [-0.2, 0) is 0 Å². The van der Waals surface area contributed by atoms with Crippen molar-refractivity contribution in [2.24, 2.45) is 11.1 Å². The maximum Gasteiger partial charge on any atom is 0.0858 e. The highest BCUT2D eigenvalue weighted by atomic mass is 79.9. The molecule has 1 saturated carbocycles. The molecule has 0 radical (unpaired) electrons. The lowest BCUT2D eigenvalue weighted by Gasteiger charge is -2.33. The van der Waals surface area contributed by atoms with E-state index in [1.165, 1.54) is 18.4 Å².